The molecule has 3 aromatic rings. The van der Waals surface area contributed by atoms with Crippen LogP contribution in [0.3, 0.4) is 0 Å². The Kier molecular flexibility index (Phi) is 4.31. The van der Waals surface area contributed by atoms with E-state index in [9.17, 15) is 14.4 Å². The van der Waals surface area contributed by atoms with Crippen molar-refractivity contribution in [3.63, 3.8) is 0 Å². The molecular weight excluding hydrogens is 356 g/mol. The molecule has 28 heavy (non-hydrogen) atoms. The second kappa shape index (κ2) is 6.81. The third-order valence-electron chi connectivity index (χ3n) is 4.93. The lowest BCUT2D eigenvalue weighted by molar-refractivity contribution is -0.117. The van der Waals surface area contributed by atoms with E-state index in [-0.39, 0.29) is 11.8 Å². The number of nitrogens with one attached hydrogen (secondary N) is 1. The molecule has 3 aromatic carbocycles. The molecule has 2 amide bonds. The normalized spacial score (nSPS) is 13.5. The molecule has 0 aliphatic carbocycles. The van der Waals surface area contributed by atoms with E-state index < -0.39 is 12.0 Å². The zero-order valence-electron chi connectivity index (χ0n) is 15.4. The van der Waals surface area contributed by atoms with Gasteiger partial charge in [-0.05, 0) is 48.7 Å². The van der Waals surface area contributed by atoms with Gasteiger partial charge in [-0.25, -0.2) is 4.79 Å². The summed E-state index contributed by atoms with van der Waals surface area (Å²) in [6.45, 7) is 1.70. The molecule has 1 aliphatic rings. The number of carbonyl (C=O) groups is 3. The molecule has 1 aliphatic heterocycles. The number of rotatable bonds is 4. The average Bonchev–Trinajstić information content (AvgIpc) is 3.01. The van der Waals surface area contributed by atoms with Gasteiger partial charge in [-0.2, -0.15) is 0 Å². The second-order valence-electron chi connectivity index (χ2n) is 6.59. The van der Waals surface area contributed by atoms with Crippen LogP contribution in [0.5, 0.6) is 0 Å². The summed E-state index contributed by atoms with van der Waals surface area (Å²) in [5.74, 6) is -0.945. The summed E-state index contributed by atoms with van der Waals surface area (Å²) in [6, 6.07) is 16.9. The monoisotopic (exact) mass is 374 g/mol. The molecule has 1 heterocycles. The van der Waals surface area contributed by atoms with Crippen LogP contribution in [0.15, 0.2) is 60.7 Å². The highest BCUT2D eigenvalue weighted by Crippen LogP contribution is 2.38. The number of carbonyl (C=O) groups excluding carboxylic acids is 3. The van der Waals surface area contributed by atoms with Gasteiger partial charge in [0, 0.05) is 16.6 Å². The fourth-order valence-electron chi connectivity index (χ4n) is 3.50. The molecule has 1 N–H and O–H groups in total. The Morgan fingerprint density at radius 2 is 1.68 bits per heavy atom. The van der Waals surface area contributed by atoms with Crippen molar-refractivity contribution in [3.05, 3.63) is 71.8 Å². The number of ether oxygens (including phenoxy) is 1. The molecule has 0 aromatic heterocycles. The zero-order valence-corrected chi connectivity index (χ0v) is 15.4. The van der Waals surface area contributed by atoms with Gasteiger partial charge >= 0.3 is 5.97 Å². The average molecular weight is 374 g/mol. The molecule has 6 nitrogen and oxygen atoms in total. The quantitative estimate of drug-likeness (QED) is 0.708. The molecule has 0 saturated heterocycles. The number of methoxy groups -OCH3 is 1. The van der Waals surface area contributed by atoms with E-state index in [1.54, 1.807) is 37.3 Å². The van der Waals surface area contributed by atoms with Crippen LogP contribution < -0.4 is 10.2 Å². The Hall–Kier alpha value is -3.67. The lowest BCUT2D eigenvalue weighted by Crippen LogP contribution is -2.44. The first-order chi connectivity index (χ1) is 13.5. The van der Waals surface area contributed by atoms with Gasteiger partial charge in [0.1, 0.15) is 6.04 Å². The Morgan fingerprint density at radius 1 is 1.00 bits per heavy atom. The van der Waals surface area contributed by atoms with Crippen LogP contribution in [-0.2, 0) is 9.53 Å². The van der Waals surface area contributed by atoms with Crippen molar-refractivity contribution in [3.8, 4) is 0 Å². The SMILES string of the molecule is COC(=O)c1ccc(NC(=O)[C@@H](C)N2C(=O)c3cccc4cccc2c34)cc1. The van der Waals surface area contributed by atoms with Crippen molar-refractivity contribution >= 4 is 39.9 Å². The van der Waals surface area contributed by atoms with Gasteiger partial charge in [-0.3, -0.25) is 14.5 Å². The van der Waals surface area contributed by atoms with Gasteiger partial charge in [0.2, 0.25) is 5.91 Å². The summed E-state index contributed by atoms with van der Waals surface area (Å²) in [4.78, 5) is 38.8. The van der Waals surface area contributed by atoms with E-state index in [2.05, 4.69) is 10.1 Å². The number of esters is 1. The van der Waals surface area contributed by atoms with Crippen molar-refractivity contribution in [2.45, 2.75) is 13.0 Å². The van der Waals surface area contributed by atoms with E-state index in [4.69, 9.17) is 0 Å². The summed E-state index contributed by atoms with van der Waals surface area (Å²) >= 11 is 0. The molecule has 0 bridgehead atoms. The molecule has 0 saturated carbocycles. The molecule has 0 unspecified atom stereocenters. The predicted octanol–water partition coefficient (Wildman–Crippen LogP) is 3.61. The van der Waals surface area contributed by atoms with Crippen LogP contribution in [0.4, 0.5) is 11.4 Å². The van der Waals surface area contributed by atoms with Crippen LogP contribution in [0.25, 0.3) is 10.8 Å². The largest absolute Gasteiger partial charge is 0.465 e. The van der Waals surface area contributed by atoms with Gasteiger partial charge in [0.25, 0.3) is 5.91 Å². The third-order valence-corrected chi connectivity index (χ3v) is 4.93. The highest BCUT2D eigenvalue weighted by atomic mass is 16.5. The smallest absolute Gasteiger partial charge is 0.337 e. The minimum atomic E-state index is -0.703. The van der Waals surface area contributed by atoms with E-state index in [1.807, 2.05) is 30.3 Å². The first-order valence-electron chi connectivity index (χ1n) is 8.86. The summed E-state index contributed by atoms with van der Waals surface area (Å²) < 4.78 is 4.66. The second-order valence-corrected chi connectivity index (χ2v) is 6.59. The lowest BCUT2D eigenvalue weighted by atomic mass is 10.1. The van der Waals surface area contributed by atoms with Crippen LogP contribution in [0.1, 0.15) is 27.6 Å². The Morgan fingerprint density at radius 3 is 2.36 bits per heavy atom. The molecule has 4 rings (SSSR count). The van der Waals surface area contributed by atoms with E-state index >= 15 is 0 Å². The first-order valence-corrected chi connectivity index (χ1v) is 8.86. The third kappa shape index (κ3) is 2.79. The van der Waals surface area contributed by atoms with Gasteiger partial charge in [-0.15, -0.1) is 0 Å². The zero-order chi connectivity index (χ0) is 19.8. The van der Waals surface area contributed by atoms with E-state index in [0.29, 0.717) is 16.8 Å². The number of hydrogen-bond donors (Lipinski definition) is 1. The van der Waals surface area contributed by atoms with Crippen LogP contribution in [0, 0.1) is 0 Å². The maximum Gasteiger partial charge on any atom is 0.337 e. The molecule has 6 heteroatoms. The number of anilines is 2. The van der Waals surface area contributed by atoms with E-state index in [1.165, 1.54) is 12.0 Å². The minimum absolute atomic E-state index is 0.185. The van der Waals surface area contributed by atoms with Crippen molar-refractivity contribution in [2.75, 3.05) is 17.3 Å². The number of benzene rings is 3. The van der Waals surface area contributed by atoms with Crippen molar-refractivity contribution in [2.24, 2.45) is 0 Å². The molecule has 1 atom stereocenters. The molecule has 0 spiro atoms. The Balaban J connectivity index is 1.57. The van der Waals surface area contributed by atoms with Gasteiger partial charge < -0.3 is 10.1 Å². The van der Waals surface area contributed by atoms with Gasteiger partial charge in [0.15, 0.2) is 0 Å². The van der Waals surface area contributed by atoms with Crippen LogP contribution >= 0.6 is 0 Å². The maximum atomic E-state index is 12.9. The van der Waals surface area contributed by atoms with Gasteiger partial charge in [0.05, 0.1) is 18.4 Å². The molecule has 0 radical (unpaired) electrons. The molecular formula is C22H18N2O4. The summed E-state index contributed by atoms with van der Waals surface area (Å²) in [6.07, 6.45) is 0. The fourth-order valence-corrected chi connectivity index (χ4v) is 3.50. The topological polar surface area (TPSA) is 75.7 Å². The van der Waals surface area contributed by atoms with Crippen molar-refractivity contribution < 1.29 is 19.1 Å². The summed E-state index contributed by atoms with van der Waals surface area (Å²) in [5.41, 5.74) is 2.27. The predicted molar refractivity (Wildman–Crippen MR) is 107 cm³/mol. The summed E-state index contributed by atoms with van der Waals surface area (Å²) in [5, 5.41) is 4.64. The Labute approximate surface area is 161 Å². The molecule has 0 fully saturated rings. The highest BCUT2D eigenvalue weighted by molar-refractivity contribution is 6.26. The van der Waals surface area contributed by atoms with Crippen molar-refractivity contribution in [1.29, 1.82) is 0 Å². The number of nitrogens with zero attached hydrogens (tertiary/aromatic N) is 1. The Bertz CT molecular complexity index is 1100. The van der Waals surface area contributed by atoms with Crippen LogP contribution in [0.2, 0.25) is 0 Å². The standard InChI is InChI=1S/C22H18N2O4/c1-13(20(25)23-16-11-9-15(10-12-16)22(27)28-2)24-18-8-4-6-14-5-3-7-17(19(14)18)21(24)26/h3-13H,1-2H3,(H,23,25)/t13-/m1/s1. The fraction of sp³-hybridized carbons (Fsp3) is 0.136. The first kappa shape index (κ1) is 17.7. The summed E-state index contributed by atoms with van der Waals surface area (Å²) in [7, 11) is 1.31. The lowest BCUT2D eigenvalue weighted by Gasteiger charge is -2.24. The number of hydrogen-bond acceptors (Lipinski definition) is 4. The van der Waals surface area contributed by atoms with Crippen molar-refractivity contribution in [1.82, 2.24) is 0 Å². The van der Waals surface area contributed by atoms with E-state index in [0.717, 1.165) is 16.5 Å². The minimum Gasteiger partial charge on any atom is -0.465 e. The number of amides is 2. The molecule has 140 valence electrons. The maximum absolute atomic E-state index is 12.9. The highest BCUT2D eigenvalue weighted by Gasteiger charge is 2.35. The van der Waals surface area contributed by atoms with Crippen LogP contribution in [-0.4, -0.2) is 30.9 Å². The van der Waals surface area contributed by atoms with Gasteiger partial charge in [-0.1, -0.05) is 24.3 Å².